The lowest BCUT2D eigenvalue weighted by Crippen LogP contribution is -2.27. The molecule has 1 aliphatic rings. The number of rotatable bonds is 6. The number of benzene rings is 1. The molecule has 1 aliphatic heterocycles. The van der Waals surface area contributed by atoms with Crippen LogP contribution in [0.1, 0.15) is 46.7 Å². The molecule has 1 amide bonds. The molecule has 3 heterocycles. The number of carbonyl (C=O) groups excluding carboxylic acids is 1. The Morgan fingerprint density at radius 1 is 1.23 bits per heavy atom. The van der Waals surface area contributed by atoms with Gasteiger partial charge < -0.3 is 15.0 Å². The summed E-state index contributed by atoms with van der Waals surface area (Å²) < 4.78 is 44.9. The standard InChI is InChI=1S/C25H22F3N5O2/c1-16(31-24(34)18-9-11-30-19(13-18)14-29)17-5-7-20(8-6-17)35-21-10-12-33(15-21)23-4-2-3-22(32-23)25(26,27)28/h2-9,11,13,16,21H,10,12,15H2,1H3,(H,31,34)/t16-,21?/m0/s1. The first-order valence-corrected chi connectivity index (χ1v) is 11.0. The lowest BCUT2D eigenvalue weighted by molar-refractivity contribution is -0.141. The van der Waals surface area contributed by atoms with Crippen molar-refractivity contribution < 1.29 is 22.7 Å². The van der Waals surface area contributed by atoms with Gasteiger partial charge in [-0.2, -0.15) is 18.4 Å². The highest BCUT2D eigenvalue weighted by Gasteiger charge is 2.33. The number of amides is 1. The number of nitriles is 1. The first-order valence-electron chi connectivity index (χ1n) is 11.0. The number of nitrogens with one attached hydrogen (secondary N) is 1. The molecule has 3 aromatic rings. The number of ether oxygens (including phenoxy) is 1. The van der Waals surface area contributed by atoms with Crippen LogP contribution in [-0.4, -0.2) is 35.1 Å². The highest BCUT2D eigenvalue weighted by Crippen LogP contribution is 2.30. The summed E-state index contributed by atoms with van der Waals surface area (Å²) in [7, 11) is 0. The molecule has 2 atom stereocenters. The fraction of sp³-hybridized carbons (Fsp3) is 0.280. The Kier molecular flexibility index (Phi) is 6.87. The summed E-state index contributed by atoms with van der Waals surface area (Å²) in [6.07, 6.45) is -2.60. The second kappa shape index (κ2) is 10.0. The number of nitrogens with zero attached hydrogens (tertiary/aromatic N) is 4. The maximum absolute atomic E-state index is 13.0. The van der Waals surface area contributed by atoms with E-state index < -0.39 is 11.9 Å². The maximum atomic E-state index is 13.0. The van der Waals surface area contributed by atoms with E-state index in [0.717, 1.165) is 11.6 Å². The van der Waals surface area contributed by atoms with Crippen molar-refractivity contribution in [1.82, 2.24) is 15.3 Å². The monoisotopic (exact) mass is 481 g/mol. The molecule has 4 rings (SSSR count). The fourth-order valence-corrected chi connectivity index (χ4v) is 3.81. The molecule has 1 saturated heterocycles. The normalized spacial score (nSPS) is 16.4. The lowest BCUT2D eigenvalue weighted by atomic mass is 10.1. The third-order valence-corrected chi connectivity index (χ3v) is 5.66. The van der Waals surface area contributed by atoms with Gasteiger partial charge in [-0.3, -0.25) is 4.79 Å². The second-order valence-electron chi connectivity index (χ2n) is 8.16. The molecular weight excluding hydrogens is 459 g/mol. The average Bonchev–Trinajstić information content (AvgIpc) is 3.32. The minimum Gasteiger partial charge on any atom is -0.489 e. The minimum atomic E-state index is -4.48. The van der Waals surface area contributed by atoms with E-state index in [4.69, 9.17) is 10.00 Å². The predicted octanol–water partition coefficient (Wildman–Crippen LogP) is 4.52. The van der Waals surface area contributed by atoms with Crippen molar-refractivity contribution >= 4 is 11.7 Å². The van der Waals surface area contributed by atoms with Crippen LogP contribution >= 0.6 is 0 Å². The van der Waals surface area contributed by atoms with Crippen LogP contribution in [0.5, 0.6) is 5.75 Å². The Balaban J connectivity index is 1.33. The Morgan fingerprint density at radius 3 is 2.71 bits per heavy atom. The number of pyridine rings is 2. The second-order valence-corrected chi connectivity index (χ2v) is 8.16. The molecule has 180 valence electrons. The predicted molar refractivity (Wildman–Crippen MR) is 122 cm³/mol. The number of anilines is 1. The molecule has 0 aliphatic carbocycles. The van der Waals surface area contributed by atoms with Crippen molar-refractivity contribution in [3.05, 3.63) is 83.3 Å². The topological polar surface area (TPSA) is 91.1 Å². The third kappa shape index (κ3) is 5.87. The van der Waals surface area contributed by atoms with Crippen LogP contribution in [0, 0.1) is 11.3 Å². The van der Waals surface area contributed by atoms with Crippen molar-refractivity contribution in [2.24, 2.45) is 0 Å². The Hall–Kier alpha value is -4.13. The van der Waals surface area contributed by atoms with Crippen molar-refractivity contribution in [2.45, 2.75) is 31.7 Å². The van der Waals surface area contributed by atoms with Gasteiger partial charge in [0.05, 0.1) is 12.6 Å². The van der Waals surface area contributed by atoms with Gasteiger partial charge in [-0.25, -0.2) is 9.97 Å². The molecule has 1 aromatic carbocycles. The number of aromatic nitrogens is 2. The summed E-state index contributed by atoms with van der Waals surface area (Å²) in [4.78, 5) is 21.9. The van der Waals surface area contributed by atoms with Crippen molar-refractivity contribution in [3.63, 3.8) is 0 Å². The van der Waals surface area contributed by atoms with Crippen LogP contribution in [0.15, 0.2) is 60.8 Å². The van der Waals surface area contributed by atoms with Crippen LogP contribution in [0.25, 0.3) is 0 Å². The fourth-order valence-electron chi connectivity index (χ4n) is 3.81. The third-order valence-electron chi connectivity index (χ3n) is 5.66. The molecule has 0 bridgehead atoms. The van der Waals surface area contributed by atoms with E-state index in [1.807, 2.05) is 25.1 Å². The van der Waals surface area contributed by atoms with Gasteiger partial charge in [0.1, 0.15) is 35.1 Å². The first-order chi connectivity index (χ1) is 16.7. The van der Waals surface area contributed by atoms with E-state index in [1.54, 1.807) is 29.2 Å². The summed E-state index contributed by atoms with van der Waals surface area (Å²) in [5.41, 5.74) is 0.470. The average molecular weight is 481 g/mol. The van der Waals surface area contributed by atoms with Crippen molar-refractivity contribution in [1.29, 1.82) is 5.26 Å². The van der Waals surface area contributed by atoms with Gasteiger partial charge in [0.25, 0.3) is 5.91 Å². The SMILES string of the molecule is C[C@H](NC(=O)c1ccnc(C#N)c1)c1ccc(OC2CCN(c3cccc(C(F)(F)F)n3)C2)cc1. The molecular formula is C25H22F3N5O2. The van der Waals surface area contributed by atoms with Crippen molar-refractivity contribution in [3.8, 4) is 11.8 Å². The molecule has 2 aromatic heterocycles. The van der Waals surface area contributed by atoms with Crippen LogP contribution in [0.2, 0.25) is 0 Å². The first kappa shape index (κ1) is 24.0. The molecule has 0 saturated carbocycles. The number of halogens is 3. The van der Waals surface area contributed by atoms with Gasteiger partial charge >= 0.3 is 6.18 Å². The summed E-state index contributed by atoms with van der Waals surface area (Å²) in [6.45, 7) is 2.82. The van der Waals surface area contributed by atoms with Crippen molar-refractivity contribution in [2.75, 3.05) is 18.0 Å². The molecule has 35 heavy (non-hydrogen) atoms. The molecule has 1 N–H and O–H groups in total. The van der Waals surface area contributed by atoms with Crippen LogP contribution in [0.3, 0.4) is 0 Å². The van der Waals surface area contributed by atoms with E-state index in [9.17, 15) is 18.0 Å². The molecule has 0 radical (unpaired) electrons. The van der Waals surface area contributed by atoms with Gasteiger partial charge in [-0.05, 0) is 48.9 Å². The highest BCUT2D eigenvalue weighted by atomic mass is 19.4. The van der Waals surface area contributed by atoms with Gasteiger partial charge in [0, 0.05) is 24.7 Å². The molecule has 1 fully saturated rings. The van der Waals surface area contributed by atoms with Gasteiger partial charge in [-0.1, -0.05) is 18.2 Å². The highest BCUT2D eigenvalue weighted by molar-refractivity contribution is 5.94. The largest absolute Gasteiger partial charge is 0.489 e. The van der Waals surface area contributed by atoms with Gasteiger partial charge in [-0.15, -0.1) is 0 Å². The molecule has 1 unspecified atom stereocenters. The van der Waals surface area contributed by atoms with E-state index in [-0.39, 0.29) is 29.6 Å². The number of hydrogen-bond donors (Lipinski definition) is 1. The minimum absolute atomic E-state index is 0.168. The zero-order valence-corrected chi connectivity index (χ0v) is 18.8. The van der Waals surface area contributed by atoms with Crippen LogP contribution < -0.4 is 15.0 Å². The summed E-state index contributed by atoms with van der Waals surface area (Å²) in [6, 6.07) is 15.7. The molecule has 0 spiro atoms. The Bertz CT molecular complexity index is 1240. The van der Waals surface area contributed by atoms with E-state index in [1.165, 1.54) is 18.3 Å². The summed E-state index contributed by atoms with van der Waals surface area (Å²) in [5.74, 6) is 0.594. The molecule has 10 heteroatoms. The number of hydrogen-bond acceptors (Lipinski definition) is 6. The Morgan fingerprint density at radius 2 is 2.00 bits per heavy atom. The zero-order valence-electron chi connectivity index (χ0n) is 18.8. The summed E-state index contributed by atoms with van der Waals surface area (Å²) >= 11 is 0. The van der Waals surface area contributed by atoms with Gasteiger partial charge in [0.2, 0.25) is 0 Å². The maximum Gasteiger partial charge on any atom is 0.433 e. The molecule has 7 nitrogen and oxygen atoms in total. The quantitative estimate of drug-likeness (QED) is 0.557. The smallest absolute Gasteiger partial charge is 0.433 e. The van der Waals surface area contributed by atoms with E-state index in [0.29, 0.717) is 30.8 Å². The summed E-state index contributed by atoms with van der Waals surface area (Å²) in [5, 5.41) is 11.8. The number of carbonyl (C=O) groups is 1. The zero-order chi connectivity index (χ0) is 25.0. The van der Waals surface area contributed by atoms with Gasteiger partial charge in [0.15, 0.2) is 0 Å². The number of alkyl halides is 3. The Labute approximate surface area is 200 Å². The van der Waals surface area contributed by atoms with Crippen LogP contribution in [0.4, 0.5) is 19.0 Å². The van der Waals surface area contributed by atoms with E-state index >= 15 is 0 Å². The van der Waals surface area contributed by atoms with Crippen LogP contribution in [-0.2, 0) is 6.18 Å². The lowest BCUT2D eigenvalue weighted by Gasteiger charge is -2.19. The van der Waals surface area contributed by atoms with E-state index in [2.05, 4.69) is 15.3 Å².